The van der Waals surface area contributed by atoms with Crippen LogP contribution in [0.15, 0.2) is 73.1 Å². The summed E-state index contributed by atoms with van der Waals surface area (Å²) in [4.78, 5) is 8.97. The van der Waals surface area contributed by atoms with Crippen LogP contribution in [0.25, 0.3) is 22.5 Å². The minimum Gasteiger partial charge on any atom is -0.497 e. The highest BCUT2D eigenvalue weighted by molar-refractivity contribution is 5.79. The van der Waals surface area contributed by atoms with Gasteiger partial charge in [-0.1, -0.05) is 24.3 Å². The summed E-state index contributed by atoms with van der Waals surface area (Å²) in [5, 5.41) is 0. The third-order valence-electron chi connectivity index (χ3n) is 6.23. The third-order valence-corrected chi connectivity index (χ3v) is 6.23. The second-order valence-electron chi connectivity index (χ2n) is 8.46. The van der Waals surface area contributed by atoms with Gasteiger partial charge in [0.25, 0.3) is 0 Å². The number of nitrogens with zero attached hydrogens (tertiary/aromatic N) is 3. The van der Waals surface area contributed by atoms with Crippen molar-refractivity contribution in [1.29, 1.82) is 0 Å². The molecule has 2 aromatic heterocycles. The highest BCUT2D eigenvalue weighted by atomic mass is 19.4. The second kappa shape index (κ2) is 9.54. The van der Waals surface area contributed by atoms with Crippen molar-refractivity contribution in [3.63, 3.8) is 0 Å². The summed E-state index contributed by atoms with van der Waals surface area (Å²) in [5.74, 6) is 1.70. The minimum absolute atomic E-state index is 0.0714. The number of fused-ring (bicyclic) bond motifs is 1. The zero-order valence-electron chi connectivity index (χ0n) is 19.1. The van der Waals surface area contributed by atoms with E-state index in [0.717, 1.165) is 53.4 Å². The van der Waals surface area contributed by atoms with Crippen molar-refractivity contribution in [2.24, 2.45) is 0 Å². The molecule has 0 saturated carbocycles. The number of benzene rings is 2. The van der Waals surface area contributed by atoms with Crippen molar-refractivity contribution in [3.05, 3.63) is 90.0 Å². The van der Waals surface area contributed by atoms with Gasteiger partial charge in [0, 0.05) is 29.9 Å². The Kier molecular flexibility index (Phi) is 6.30. The predicted octanol–water partition coefficient (Wildman–Crippen LogP) is 6.34. The van der Waals surface area contributed by atoms with E-state index in [1.165, 1.54) is 12.1 Å². The van der Waals surface area contributed by atoms with Crippen molar-refractivity contribution in [3.8, 4) is 28.3 Å². The molecular formula is C27H24F3N3O2. The molecule has 5 rings (SSSR count). The molecule has 8 heteroatoms. The van der Waals surface area contributed by atoms with Crippen molar-refractivity contribution in [2.75, 3.05) is 13.7 Å². The van der Waals surface area contributed by atoms with Crippen molar-refractivity contribution in [1.82, 2.24) is 14.5 Å². The van der Waals surface area contributed by atoms with Crippen LogP contribution >= 0.6 is 0 Å². The molecular weight excluding hydrogens is 455 g/mol. The number of imidazole rings is 1. The average Bonchev–Trinajstić information content (AvgIpc) is 3.44. The first-order chi connectivity index (χ1) is 16.9. The number of alkyl halides is 3. The van der Waals surface area contributed by atoms with Gasteiger partial charge in [-0.05, 0) is 48.4 Å². The van der Waals surface area contributed by atoms with Crippen LogP contribution in [-0.4, -0.2) is 28.3 Å². The zero-order valence-corrected chi connectivity index (χ0v) is 19.1. The second-order valence-corrected chi connectivity index (χ2v) is 8.46. The van der Waals surface area contributed by atoms with Crippen LogP contribution in [0.1, 0.15) is 29.4 Å². The molecule has 35 heavy (non-hydrogen) atoms. The maximum absolute atomic E-state index is 13.1. The van der Waals surface area contributed by atoms with Crippen molar-refractivity contribution < 1.29 is 22.6 Å². The van der Waals surface area contributed by atoms with Crippen LogP contribution < -0.4 is 4.74 Å². The monoisotopic (exact) mass is 479 g/mol. The summed E-state index contributed by atoms with van der Waals surface area (Å²) in [5.41, 5.74) is 3.47. The summed E-state index contributed by atoms with van der Waals surface area (Å²) < 4.78 is 52.7. The maximum Gasteiger partial charge on any atom is 0.416 e. The average molecular weight is 480 g/mol. The van der Waals surface area contributed by atoms with Crippen LogP contribution in [0.3, 0.4) is 0 Å². The quantitative estimate of drug-likeness (QED) is 0.310. The molecule has 180 valence electrons. The van der Waals surface area contributed by atoms with E-state index >= 15 is 0 Å². The van der Waals surface area contributed by atoms with Gasteiger partial charge in [0.1, 0.15) is 11.6 Å². The molecule has 0 radical (unpaired) electrons. The van der Waals surface area contributed by atoms with Gasteiger partial charge in [-0.2, -0.15) is 13.2 Å². The highest BCUT2D eigenvalue weighted by Gasteiger charge is 2.32. The molecule has 0 N–H and O–H groups in total. The fourth-order valence-electron chi connectivity index (χ4n) is 4.47. The third kappa shape index (κ3) is 4.79. The minimum atomic E-state index is -4.38. The fraction of sp³-hybridized carbons (Fsp3) is 0.259. The van der Waals surface area contributed by atoms with Crippen molar-refractivity contribution >= 4 is 0 Å². The van der Waals surface area contributed by atoms with Crippen LogP contribution in [0, 0.1) is 0 Å². The molecule has 2 aromatic carbocycles. The standard InChI is InChI=1S/C27H24F3N3O2/c1-34-23-9-2-18(3-10-23)16-35-17-22-8-11-24-32-25(19-4-6-21(7-5-19)27(28,29)30)26(33(22)24)20-12-14-31-15-13-20/h2-7,9-10,12-15,22H,8,11,16-17H2,1H3. The van der Waals surface area contributed by atoms with Gasteiger partial charge in [-0.3, -0.25) is 4.98 Å². The number of pyridine rings is 1. The lowest BCUT2D eigenvalue weighted by Crippen LogP contribution is -2.13. The van der Waals surface area contributed by atoms with Crippen LogP contribution in [0.2, 0.25) is 0 Å². The number of halogens is 3. The van der Waals surface area contributed by atoms with Gasteiger partial charge in [0.2, 0.25) is 0 Å². The lowest BCUT2D eigenvalue weighted by molar-refractivity contribution is -0.137. The Morgan fingerprint density at radius 1 is 0.943 bits per heavy atom. The number of rotatable bonds is 7. The molecule has 1 unspecified atom stereocenters. The molecule has 1 aliphatic heterocycles. The lowest BCUT2D eigenvalue weighted by Gasteiger charge is -2.18. The van der Waals surface area contributed by atoms with Gasteiger partial charge in [-0.25, -0.2) is 4.98 Å². The Hall–Kier alpha value is -3.65. The first kappa shape index (κ1) is 23.1. The SMILES string of the molecule is COc1ccc(COCC2CCc3nc(-c4ccc(C(F)(F)F)cc4)c(-c4ccncc4)n32)cc1. The van der Waals surface area contributed by atoms with Gasteiger partial charge in [-0.15, -0.1) is 0 Å². The molecule has 3 heterocycles. The normalized spacial score (nSPS) is 15.3. The predicted molar refractivity (Wildman–Crippen MR) is 126 cm³/mol. The molecule has 1 aliphatic rings. The molecule has 0 amide bonds. The summed E-state index contributed by atoms with van der Waals surface area (Å²) in [6.07, 6.45) is 0.687. The highest BCUT2D eigenvalue weighted by Crippen LogP contribution is 2.40. The van der Waals surface area contributed by atoms with E-state index in [1.54, 1.807) is 19.5 Å². The molecule has 0 bridgehead atoms. The summed E-state index contributed by atoms with van der Waals surface area (Å²) >= 11 is 0. The van der Waals surface area contributed by atoms with Gasteiger partial charge in [0.05, 0.1) is 43.3 Å². The molecule has 0 fully saturated rings. The van der Waals surface area contributed by atoms with Crippen molar-refractivity contribution in [2.45, 2.75) is 31.7 Å². The molecule has 4 aromatic rings. The number of hydrogen-bond donors (Lipinski definition) is 0. The Bertz CT molecular complexity index is 1280. The fourth-order valence-corrected chi connectivity index (χ4v) is 4.47. The Labute approximate surface area is 201 Å². The number of methoxy groups -OCH3 is 1. The number of ether oxygens (including phenoxy) is 2. The van der Waals surface area contributed by atoms with E-state index in [4.69, 9.17) is 14.5 Å². The molecule has 5 nitrogen and oxygen atoms in total. The van der Waals surface area contributed by atoms with E-state index < -0.39 is 11.7 Å². The Balaban J connectivity index is 1.43. The zero-order chi connectivity index (χ0) is 24.4. The summed E-state index contributed by atoms with van der Waals surface area (Å²) in [6, 6.07) is 16.8. The van der Waals surface area contributed by atoms with Crippen LogP contribution in [0.4, 0.5) is 13.2 Å². The van der Waals surface area contributed by atoms with Gasteiger partial charge in [0.15, 0.2) is 0 Å². The number of hydrogen-bond acceptors (Lipinski definition) is 4. The molecule has 1 atom stereocenters. The summed E-state index contributed by atoms with van der Waals surface area (Å²) in [7, 11) is 1.63. The largest absolute Gasteiger partial charge is 0.497 e. The molecule has 0 spiro atoms. The van der Waals surface area contributed by atoms with E-state index in [2.05, 4.69) is 9.55 Å². The first-order valence-electron chi connectivity index (χ1n) is 11.3. The van der Waals surface area contributed by atoms with Crippen LogP contribution in [-0.2, 0) is 23.9 Å². The first-order valence-corrected chi connectivity index (χ1v) is 11.3. The summed E-state index contributed by atoms with van der Waals surface area (Å²) in [6.45, 7) is 0.973. The topological polar surface area (TPSA) is 49.2 Å². The molecule has 0 aliphatic carbocycles. The smallest absolute Gasteiger partial charge is 0.416 e. The number of aromatic nitrogens is 3. The van der Waals surface area contributed by atoms with E-state index in [0.29, 0.717) is 24.5 Å². The number of aryl methyl sites for hydroxylation is 1. The Morgan fingerprint density at radius 3 is 2.31 bits per heavy atom. The van der Waals surface area contributed by atoms with E-state index in [1.807, 2.05) is 36.4 Å². The van der Waals surface area contributed by atoms with E-state index in [-0.39, 0.29) is 6.04 Å². The van der Waals surface area contributed by atoms with Crippen LogP contribution in [0.5, 0.6) is 5.75 Å². The van der Waals surface area contributed by atoms with E-state index in [9.17, 15) is 13.2 Å². The van der Waals surface area contributed by atoms with Gasteiger partial charge >= 0.3 is 6.18 Å². The Morgan fingerprint density at radius 2 is 1.66 bits per heavy atom. The maximum atomic E-state index is 13.1. The molecule has 0 saturated heterocycles. The van der Waals surface area contributed by atoms with Gasteiger partial charge < -0.3 is 14.0 Å². The lowest BCUT2D eigenvalue weighted by atomic mass is 10.0.